The van der Waals surface area contributed by atoms with Gasteiger partial charge in [0.2, 0.25) is 0 Å². The maximum Gasteiger partial charge on any atom is 0.138 e. The molecule has 106 valence electrons. The fraction of sp³-hybridized carbons (Fsp3) is 0.200. The first-order valence-electron chi connectivity index (χ1n) is 5.91. The number of aryl methyl sites for hydroxylation is 1. The van der Waals surface area contributed by atoms with E-state index in [1.165, 1.54) is 7.11 Å². The summed E-state index contributed by atoms with van der Waals surface area (Å²) >= 11 is 18.4. The monoisotopic (exact) mass is 330 g/mol. The molecule has 0 aliphatic carbocycles. The second-order valence-corrected chi connectivity index (χ2v) is 5.66. The third kappa shape index (κ3) is 3.04. The van der Waals surface area contributed by atoms with Crippen molar-refractivity contribution in [1.29, 1.82) is 0 Å². The van der Waals surface area contributed by atoms with E-state index in [0.717, 1.165) is 5.56 Å². The average molecular weight is 332 g/mol. The number of halogens is 3. The maximum atomic E-state index is 10.5. The Hall–Kier alpha value is -0.930. The second kappa shape index (κ2) is 6.23. The Kier molecular flexibility index (Phi) is 4.82. The summed E-state index contributed by atoms with van der Waals surface area (Å²) < 4.78 is 5.08. The van der Waals surface area contributed by atoms with Crippen molar-refractivity contribution in [2.45, 2.75) is 13.0 Å². The molecule has 2 rings (SSSR count). The highest BCUT2D eigenvalue weighted by Crippen LogP contribution is 2.37. The van der Waals surface area contributed by atoms with Gasteiger partial charge in [-0.15, -0.1) is 0 Å². The van der Waals surface area contributed by atoms with E-state index in [2.05, 4.69) is 0 Å². The van der Waals surface area contributed by atoms with Crippen LogP contribution >= 0.6 is 34.8 Å². The first kappa shape index (κ1) is 15.5. The fourth-order valence-electron chi connectivity index (χ4n) is 1.93. The Bertz CT molecular complexity index is 641. The first-order valence-corrected chi connectivity index (χ1v) is 7.04. The second-order valence-electron chi connectivity index (χ2n) is 4.44. The van der Waals surface area contributed by atoms with Gasteiger partial charge < -0.3 is 9.84 Å². The normalized spacial score (nSPS) is 12.3. The summed E-state index contributed by atoms with van der Waals surface area (Å²) in [5.41, 5.74) is 2.09. The SMILES string of the molecule is COc1cc(Cl)c(C(O)c2ccc(C)cc2Cl)cc1Cl. The molecule has 2 aromatic carbocycles. The quantitative estimate of drug-likeness (QED) is 0.853. The van der Waals surface area contributed by atoms with Crippen molar-refractivity contribution in [2.75, 3.05) is 7.11 Å². The van der Waals surface area contributed by atoms with Gasteiger partial charge >= 0.3 is 0 Å². The van der Waals surface area contributed by atoms with Crippen LogP contribution in [0.5, 0.6) is 5.75 Å². The lowest BCUT2D eigenvalue weighted by atomic mass is 10.00. The van der Waals surface area contributed by atoms with Crippen molar-refractivity contribution in [1.82, 2.24) is 0 Å². The molecule has 0 amide bonds. The maximum absolute atomic E-state index is 10.5. The van der Waals surface area contributed by atoms with Crippen molar-refractivity contribution < 1.29 is 9.84 Å². The topological polar surface area (TPSA) is 29.5 Å². The molecule has 1 atom stereocenters. The summed E-state index contributed by atoms with van der Waals surface area (Å²) in [4.78, 5) is 0. The Morgan fingerprint density at radius 1 is 0.950 bits per heavy atom. The van der Waals surface area contributed by atoms with Gasteiger partial charge in [0.1, 0.15) is 11.9 Å². The zero-order valence-electron chi connectivity index (χ0n) is 11.0. The zero-order valence-corrected chi connectivity index (χ0v) is 13.2. The number of hydrogen-bond acceptors (Lipinski definition) is 2. The molecule has 0 radical (unpaired) electrons. The predicted molar refractivity (Wildman–Crippen MR) is 83.3 cm³/mol. The molecule has 0 aliphatic rings. The Balaban J connectivity index is 2.48. The standard InChI is InChI=1S/C15H13Cl3O2/c1-8-3-4-9(11(16)5-8)15(19)10-6-13(18)14(20-2)7-12(10)17/h3-7,15,19H,1-2H3. The van der Waals surface area contributed by atoms with E-state index in [1.807, 2.05) is 13.0 Å². The van der Waals surface area contributed by atoms with E-state index in [1.54, 1.807) is 24.3 Å². The molecule has 0 heterocycles. The zero-order chi connectivity index (χ0) is 14.9. The number of rotatable bonds is 3. The highest BCUT2D eigenvalue weighted by molar-refractivity contribution is 6.35. The van der Waals surface area contributed by atoms with E-state index in [9.17, 15) is 5.11 Å². The number of methoxy groups -OCH3 is 1. The van der Waals surface area contributed by atoms with Crippen LogP contribution in [-0.4, -0.2) is 12.2 Å². The van der Waals surface area contributed by atoms with Crippen LogP contribution in [0, 0.1) is 6.92 Å². The summed E-state index contributed by atoms with van der Waals surface area (Å²) in [7, 11) is 1.50. The highest BCUT2D eigenvalue weighted by Gasteiger charge is 2.19. The summed E-state index contributed by atoms with van der Waals surface area (Å²) in [5, 5.41) is 11.7. The largest absolute Gasteiger partial charge is 0.495 e. The van der Waals surface area contributed by atoms with Gasteiger partial charge in [0.25, 0.3) is 0 Å². The minimum Gasteiger partial charge on any atom is -0.495 e. The first-order chi connectivity index (χ1) is 9.43. The molecule has 20 heavy (non-hydrogen) atoms. The summed E-state index contributed by atoms with van der Waals surface area (Å²) in [5.74, 6) is 0.461. The van der Waals surface area contributed by atoms with Crippen LogP contribution in [0.15, 0.2) is 30.3 Å². The molecule has 5 heteroatoms. The Labute approximate surface area is 132 Å². The van der Waals surface area contributed by atoms with Gasteiger partial charge in [-0.1, -0.05) is 46.9 Å². The van der Waals surface area contributed by atoms with Crippen LogP contribution < -0.4 is 4.74 Å². The van der Waals surface area contributed by atoms with E-state index in [0.29, 0.717) is 31.9 Å². The van der Waals surface area contributed by atoms with Crippen LogP contribution in [0.4, 0.5) is 0 Å². The molecule has 0 spiro atoms. The van der Waals surface area contributed by atoms with Crippen LogP contribution in [0.1, 0.15) is 22.8 Å². The molecule has 2 nitrogen and oxygen atoms in total. The fourth-order valence-corrected chi connectivity index (χ4v) is 2.78. The molecule has 0 saturated heterocycles. The molecular weight excluding hydrogens is 319 g/mol. The van der Waals surface area contributed by atoms with Gasteiger partial charge in [0, 0.05) is 22.2 Å². The number of aliphatic hydroxyl groups is 1. The molecule has 0 aliphatic heterocycles. The van der Waals surface area contributed by atoms with Gasteiger partial charge in [-0.3, -0.25) is 0 Å². The summed E-state index contributed by atoms with van der Waals surface area (Å²) in [6.07, 6.45) is -0.945. The number of aliphatic hydroxyl groups excluding tert-OH is 1. The van der Waals surface area contributed by atoms with Crippen molar-refractivity contribution in [3.63, 3.8) is 0 Å². The minimum absolute atomic E-state index is 0.371. The van der Waals surface area contributed by atoms with Crippen LogP contribution in [0.3, 0.4) is 0 Å². The third-order valence-corrected chi connectivity index (χ3v) is 3.97. The average Bonchev–Trinajstić information content (AvgIpc) is 2.40. The molecule has 1 N–H and O–H groups in total. The van der Waals surface area contributed by atoms with Gasteiger partial charge in [0.15, 0.2) is 0 Å². The van der Waals surface area contributed by atoms with E-state index < -0.39 is 6.10 Å². The minimum atomic E-state index is -0.945. The van der Waals surface area contributed by atoms with Gasteiger partial charge in [-0.25, -0.2) is 0 Å². The van der Waals surface area contributed by atoms with Crippen LogP contribution in [0.25, 0.3) is 0 Å². The highest BCUT2D eigenvalue weighted by atomic mass is 35.5. The summed E-state index contributed by atoms with van der Waals surface area (Å²) in [6.45, 7) is 1.93. The number of hydrogen-bond donors (Lipinski definition) is 1. The molecule has 0 aromatic heterocycles. The predicted octanol–water partition coefficient (Wildman–Crippen LogP) is 5.05. The van der Waals surface area contributed by atoms with Crippen LogP contribution in [0.2, 0.25) is 15.1 Å². The van der Waals surface area contributed by atoms with Gasteiger partial charge in [0.05, 0.1) is 17.2 Å². The molecule has 0 bridgehead atoms. The van der Waals surface area contributed by atoms with Crippen molar-refractivity contribution in [2.24, 2.45) is 0 Å². The molecular formula is C15H13Cl3O2. The van der Waals surface area contributed by atoms with Crippen LogP contribution in [-0.2, 0) is 0 Å². The van der Waals surface area contributed by atoms with Crippen molar-refractivity contribution >= 4 is 34.8 Å². The lowest BCUT2D eigenvalue weighted by Gasteiger charge is -2.16. The van der Waals surface area contributed by atoms with Crippen molar-refractivity contribution in [3.8, 4) is 5.75 Å². The lowest BCUT2D eigenvalue weighted by Crippen LogP contribution is -2.02. The third-order valence-electron chi connectivity index (χ3n) is 3.02. The van der Waals surface area contributed by atoms with E-state index in [-0.39, 0.29) is 0 Å². The molecule has 0 fully saturated rings. The molecule has 2 aromatic rings. The Morgan fingerprint density at radius 2 is 1.60 bits per heavy atom. The number of benzene rings is 2. The smallest absolute Gasteiger partial charge is 0.138 e. The van der Waals surface area contributed by atoms with Gasteiger partial charge in [-0.05, 0) is 24.6 Å². The molecule has 1 unspecified atom stereocenters. The molecule has 0 saturated carbocycles. The van der Waals surface area contributed by atoms with E-state index >= 15 is 0 Å². The van der Waals surface area contributed by atoms with Gasteiger partial charge in [-0.2, -0.15) is 0 Å². The van der Waals surface area contributed by atoms with E-state index in [4.69, 9.17) is 39.5 Å². The lowest BCUT2D eigenvalue weighted by molar-refractivity contribution is 0.220. The summed E-state index contributed by atoms with van der Waals surface area (Å²) in [6, 6.07) is 8.60. The van der Waals surface area contributed by atoms with Crippen molar-refractivity contribution in [3.05, 3.63) is 62.1 Å². The number of ether oxygens (including phenoxy) is 1. The Morgan fingerprint density at radius 3 is 2.20 bits per heavy atom.